The molecule has 0 heterocycles. The second kappa shape index (κ2) is 6.58. The van der Waals surface area contributed by atoms with Crippen molar-refractivity contribution in [2.24, 2.45) is 5.92 Å². The highest BCUT2D eigenvalue weighted by Gasteiger charge is 2.35. The second-order valence-electron chi connectivity index (χ2n) is 4.77. The van der Waals surface area contributed by atoms with Crippen molar-refractivity contribution in [2.75, 3.05) is 7.11 Å². The Morgan fingerprint density at radius 1 is 1.40 bits per heavy atom. The summed E-state index contributed by atoms with van der Waals surface area (Å²) in [6.45, 7) is 3.16. The summed E-state index contributed by atoms with van der Waals surface area (Å²) >= 11 is 3.27. The molecule has 0 aliphatic carbocycles. The number of carboxylic acid groups (broad SMARTS) is 1. The third-order valence-corrected chi connectivity index (χ3v) is 5.85. The number of halogens is 1. The van der Waals surface area contributed by atoms with Gasteiger partial charge in [-0.05, 0) is 29.7 Å². The van der Waals surface area contributed by atoms with Gasteiger partial charge in [0.05, 0.1) is 12.9 Å². The first-order valence-corrected chi connectivity index (χ1v) is 8.46. The van der Waals surface area contributed by atoms with Gasteiger partial charge in [-0.25, -0.2) is 8.42 Å². The summed E-state index contributed by atoms with van der Waals surface area (Å²) in [7, 11) is -2.32. The van der Waals surface area contributed by atoms with Crippen LogP contribution in [0.15, 0.2) is 22.7 Å². The van der Waals surface area contributed by atoms with E-state index in [1.807, 2.05) is 0 Å². The van der Waals surface area contributed by atoms with E-state index < -0.39 is 27.0 Å². The summed E-state index contributed by atoms with van der Waals surface area (Å²) in [5.74, 6) is -1.64. The molecule has 20 heavy (non-hydrogen) atoms. The topological polar surface area (TPSA) is 80.7 Å². The van der Waals surface area contributed by atoms with Crippen LogP contribution in [0.3, 0.4) is 0 Å². The lowest BCUT2D eigenvalue weighted by atomic mass is 10.1. The van der Waals surface area contributed by atoms with Crippen LogP contribution in [0.4, 0.5) is 0 Å². The fraction of sp³-hybridized carbons (Fsp3) is 0.462. The molecule has 0 aromatic heterocycles. The van der Waals surface area contributed by atoms with E-state index in [4.69, 9.17) is 9.84 Å². The quantitative estimate of drug-likeness (QED) is 0.838. The van der Waals surface area contributed by atoms with Gasteiger partial charge < -0.3 is 9.84 Å². The fourth-order valence-corrected chi connectivity index (χ4v) is 4.51. The number of hydrogen-bond donors (Lipinski definition) is 1. The number of aliphatic carboxylic acids is 1. The third-order valence-electron chi connectivity index (χ3n) is 2.85. The molecule has 0 aliphatic heterocycles. The number of benzene rings is 1. The molecule has 0 amide bonds. The van der Waals surface area contributed by atoms with Crippen LogP contribution in [0.5, 0.6) is 5.75 Å². The largest absolute Gasteiger partial charge is 0.497 e. The highest BCUT2D eigenvalue weighted by Crippen LogP contribution is 2.26. The van der Waals surface area contributed by atoms with Crippen molar-refractivity contribution in [2.45, 2.75) is 24.9 Å². The lowest BCUT2D eigenvalue weighted by Crippen LogP contribution is -2.35. The molecule has 0 saturated carbocycles. The molecule has 112 valence electrons. The lowest BCUT2D eigenvalue weighted by molar-refractivity contribution is -0.137. The smallest absolute Gasteiger partial charge is 0.322 e. The van der Waals surface area contributed by atoms with E-state index >= 15 is 0 Å². The Morgan fingerprint density at radius 3 is 2.45 bits per heavy atom. The van der Waals surface area contributed by atoms with E-state index in [2.05, 4.69) is 15.9 Å². The van der Waals surface area contributed by atoms with Gasteiger partial charge >= 0.3 is 5.97 Å². The van der Waals surface area contributed by atoms with Crippen LogP contribution in [-0.2, 0) is 20.4 Å². The van der Waals surface area contributed by atoms with Gasteiger partial charge in [-0.1, -0.05) is 29.8 Å². The maximum absolute atomic E-state index is 12.3. The predicted octanol–water partition coefficient (Wildman–Crippen LogP) is 2.48. The van der Waals surface area contributed by atoms with Gasteiger partial charge in [0.2, 0.25) is 0 Å². The SMILES string of the molecule is COc1ccc(Br)c(CS(=O)(=O)C(C(=O)O)C(C)C)c1. The molecule has 1 N–H and O–H groups in total. The molecule has 0 aliphatic rings. The van der Waals surface area contributed by atoms with Crippen LogP contribution in [0, 0.1) is 5.92 Å². The van der Waals surface area contributed by atoms with E-state index in [9.17, 15) is 13.2 Å². The van der Waals surface area contributed by atoms with Crippen molar-refractivity contribution in [3.8, 4) is 5.75 Å². The number of methoxy groups -OCH3 is 1. The molecule has 7 heteroatoms. The average Bonchev–Trinajstić information content (AvgIpc) is 2.29. The van der Waals surface area contributed by atoms with Gasteiger partial charge in [0.25, 0.3) is 0 Å². The van der Waals surface area contributed by atoms with E-state index in [0.717, 1.165) is 0 Å². The highest BCUT2D eigenvalue weighted by atomic mass is 79.9. The van der Waals surface area contributed by atoms with Crippen molar-refractivity contribution in [1.82, 2.24) is 0 Å². The average molecular weight is 365 g/mol. The molecule has 0 saturated heterocycles. The Bertz CT molecular complexity index is 595. The Labute approximate surface area is 127 Å². The molecule has 1 aromatic rings. The van der Waals surface area contributed by atoms with E-state index in [-0.39, 0.29) is 5.75 Å². The third kappa shape index (κ3) is 3.96. The van der Waals surface area contributed by atoms with Crippen molar-refractivity contribution in [3.63, 3.8) is 0 Å². The number of carbonyl (C=O) groups is 1. The first kappa shape index (κ1) is 17.0. The number of rotatable bonds is 6. The summed E-state index contributed by atoms with van der Waals surface area (Å²) in [4.78, 5) is 11.2. The van der Waals surface area contributed by atoms with E-state index in [0.29, 0.717) is 15.8 Å². The first-order valence-electron chi connectivity index (χ1n) is 5.96. The molecule has 0 spiro atoms. The van der Waals surface area contributed by atoms with Crippen molar-refractivity contribution in [3.05, 3.63) is 28.2 Å². The Kier molecular flexibility index (Phi) is 5.59. The van der Waals surface area contributed by atoms with Crippen LogP contribution in [0.2, 0.25) is 0 Å². The molecule has 1 rings (SSSR count). The van der Waals surface area contributed by atoms with Gasteiger partial charge in [0, 0.05) is 4.47 Å². The summed E-state index contributed by atoms with van der Waals surface area (Å²) in [5.41, 5.74) is 0.483. The predicted molar refractivity (Wildman–Crippen MR) is 79.6 cm³/mol. The first-order chi connectivity index (χ1) is 9.19. The van der Waals surface area contributed by atoms with Crippen LogP contribution >= 0.6 is 15.9 Å². The van der Waals surface area contributed by atoms with Gasteiger partial charge in [-0.15, -0.1) is 0 Å². The van der Waals surface area contributed by atoms with Crippen LogP contribution in [-0.4, -0.2) is 31.9 Å². The molecule has 0 radical (unpaired) electrons. The summed E-state index contributed by atoms with van der Waals surface area (Å²) in [5, 5.41) is 7.70. The van der Waals surface area contributed by atoms with Crippen LogP contribution < -0.4 is 4.74 Å². The maximum Gasteiger partial charge on any atom is 0.322 e. The van der Waals surface area contributed by atoms with Gasteiger partial charge in [-0.2, -0.15) is 0 Å². The Hall–Kier alpha value is -1.08. The zero-order valence-electron chi connectivity index (χ0n) is 11.5. The van der Waals surface area contributed by atoms with Gasteiger partial charge in [0.1, 0.15) is 5.75 Å². The molecular formula is C13H17BrO5S. The van der Waals surface area contributed by atoms with Crippen molar-refractivity contribution < 1.29 is 23.1 Å². The summed E-state index contributed by atoms with van der Waals surface area (Å²) < 4.78 is 30.2. The monoisotopic (exact) mass is 364 g/mol. The minimum atomic E-state index is -3.81. The number of carboxylic acids is 1. The van der Waals surface area contributed by atoms with E-state index in [1.54, 1.807) is 32.0 Å². The lowest BCUT2D eigenvalue weighted by Gasteiger charge is -2.17. The molecule has 5 nitrogen and oxygen atoms in total. The van der Waals surface area contributed by atoms with E-state index in [1.165, 1.54) is 7.11 Å². The highest BCUT2D eigenvalue weighted by molar-refractivity contribution is 9.10. The minimum absolute atomic E-state index is 0.347. The molecular weight excluding hydrogens is 348 g/mol. The number of ether oxygens (including phenoxy) is 1. The Balaban J connectivity index is 3.16. The zero-order valence-corrected chi connectivity index (χ0v) is 13.9. The zero-order chi connectivity index (χ0) is 15.5. The van der Waals surface area contributed by atoms with Crippen molar-refractivity contribution >= 4 is 31.7 Å². The molecule has 1 unspecified atom stereocenters. The normalized spacial score (nSPS) is 13.2. The van der Waals surface area contributed by atoms with Gasteiger partial charge in [-0.3, -0.25) is 4.79 Å². The second-order valence-corrected chi connectivity index (χ2v) is 7.74. The minimum Gasteiger partial charge on any atom is -0.497 e. The van der Waals surface area contributed by atoms with Crippen LogP contribution in [0.1, 0.15) is 19.4 Å². The molecule has 1 atom stereocenters. The van der Waals surface area contributed by atoms with Crippen LogP contribution in [0.25, 0.3) is 0 Å². The summed E-state index contributed by atoms with van der Waals surface area (Å²) in [6, 6.07) is 4.95. The molecule has 0 bridgehead atoms. The van der Waals surface area contributed by atoms with Crippen molar-refractivity contribution in [1.29, 1.82) is 0 Å². The summed E-state index contributed by atoms with van der Waals surface area (Å²) in [6.07, 6.45) is 0. The maximum atomic E-state index is 12.3. The number of hydrogen-bond acceptors (Lipinski definition) is 4. The standard InChI is InChI=1S/C13H17BrO5S/c1-8(2)12(13(15)16)20(17,18)7-9-6-10(19-3)4-5-11(9)14/h4-6,8,12H,7H2,1-3H3,(H,15,16). The Morgan fingerprint density at radius 2 is 2.00 bits per heavy atom. The number of sulfone groups is 1. The molecule has 0 fully saturated rings. The van der Waals surface area contributed by atoms with Gasteiger partial charge in [0.15, 0.2) is 15.1 Å². The molecule has 1 aromatic carbocycles. The fourth-order valence-electron chi connectivity index (χ4n) is 1.95.